The molecule has 0 aliphatic carbocycles. The molecule has 2 nitrogen and oxygen atoms in total. The van der Waals surface area contributed by atoms with Gasteiger partial charge in [0.15, 0.2) is 5.76 Å². The third-order valence-electron chi connectivity index (χ3n) is 2.06. The van der Waals surface area contributed by atoms with Gasteiger partial charge in [0.2, 0.25) is 0 Å². The lowest BCUT2D eigenvalue weighted by Crippen LogP contribution is -1.77. The van der Waals surface area contributed by atoms with E-state index >= 15 is 0 Å². The van der Waals surface area contributed by atoms with Gasteiger partial charge in [0, 0.05) is 11.6 Å². The molecule has 16 heavy (non-hydrogen) atoms. The molecule has 3 heteroatoms. The second-order valence-corrected chi connectivity index (χ2v) is 3.22. The Bertz CT molecular complexity index is 511. The predicted octanol–water partition coefficient (Wildman–Crippen LogP) is 3.68. The van der Waals surface area contributed by atoms with E-state index in [4.69, 9.17) is 4.52 Å². The highest BCUT2D eigenvalue weighted by Gasteiger charge is 2.04. The number of hydrogen-bond acceptors (Lipinski definition) is 2. The Hall–Kier alpha value is -2.16. The summed E-state index contributed by atoms with van der Waals surface area (Å²) in [5.41, 5.74) is 1.51. The van der Waals surface area contributed by atoms with E-state index in [1.807, 2.05) is 0 Å². The maximum absolute atomic E-state index is 12.7. The van der Waals surface area contributed by atoms with Gasteiger partial charge in [0.05, 0.1) is 0 Å². The van der Waals surface area contributed by atoms with E-state index in [-0.39, 0.29) is 5.82 Å². The van der Waals surface area contributed by atoms with E-state index in [9.17, 15) is 4.39 Å². The van der Waals surface area contributed by atoms with Crippen LogP contribution in [0.5, 0.6) is 0 Å². The normalized spacial score (nSPS) is 10.8. The van der Waals surface area contributed by atoms with Crippen molar-refractivity contribution in [2.75, 3.05) is 0 Å². The molecule has 0 saturated heterocycles. The molecule has 0 saturated carbocycles. The molecule has 2 rings (SSSR count). The molecule has 1 aromatic carbocycles. The maximum atomic E-state index is 12.7. The van der Waals surface area contributed by atoms with E-state index in [1.165, 1.54) is 12.1 Å². The molecular weight excluding hydrogens is 205 g/mol. The van der Waals surface area contributed by atoms with Crippen molar-refractivity contribution in [1.82, 2.24) is 5.16 Å². The minimum absolute atomic E-state index is 0.265. The van der Waals surface area contributed by atoms with Crippen LogP contribution in [0, 0.1) is 5.82 Å². The van der Waals surface area contributed by atoms with E-state index < -0.39 is 0 Å². The van der Waals surface area contributed by atoms with Gasteiger partial charge in [0.25, 0.3) is 0 Å². The first kappa shape index (κ1) is 10.4. The van der Waals surface area contributed by atoms with Gasteiger partial charge in [-0.05, 0) is 30.3 Å². The number of hydrogen-bond donors (Lipinski definition) is 0. The van der Waals surface area contributed by atoms with E-state index in [2.05, 4.69) is 11.7 Å². The largest absolute Gasteiger partial charge is 0.356 e. The lowest BCUT2D eigenvalue weighted by Gasteiger charge is -1.93. The topological polar surface area (TPSA) is 26.0 Å². The fraction of sp³-hybridized carbons (Fsp3) is 0. The summed E-state index contributed by atoms with van der Waals surface area (Å²) in [4.78, 5) is 0. The molecule has 0 unspecified atom stereocenters. The van der Waals surface area contributed by atoms with Crippen LogP contribution in [0.4, 0.5) is 4.39 Å². The summed E-state index contributed by atoms with van der Waals surface area (Å²) in [7, 11) is 0. The summed E-state index contributed by atoms with van der Waals surface area (Å²) in [5.74, 6) is 0.373. The summed E-state index contributed by atoms with van der Waals surface area (Å²) in [6, 6.07) is 7.89. The molecule has 2 aromatic rings. The van der Waals surface area contributed by atoms with Crippen molar-refractivity contribution in [2.24, 2.45) is 0 Å². The Kier molecular flexibility index (Phi) is 2.96. The molecule has 0 aliphatic rings. The summed E-state index contributed by atoms with van der Waals surface area (Å²) >= 11 is 0. The van der Waals surface area contributed by atoms with Crippen LogP contribution >= 0.6 is 0 Å². The monoisotopic (exact) mass is 215 g/mol. The van der Waals surface area contributed by atoms with Crippen LogP contribution in [0.3, 0.4) is 0 Å². The van der Waals surface area contributed by atoms with Gasteiger partial charge in [-0.15, -0.1) is 0 Å². The van der Waals surface area contributed by atoms with Crippen molar-refractivity contribution >= 4 is 6.08 Å². The molecule has 0 atom stereocenters. The van der Waals surface area contributed by atoms with Gasteiger partial charge in [-0.25, -0.2) is 4.39 Å². The Morgan fingerprint density at radius 3 is 2.69 bits per heavy atom. The van der Waals surface area contributed by atoms with Gasteiger partial charge in [0.1, 0.15) is 11.5 Å². The summed E-state index contributed by atoms with van der Waals surface area (Å²) in [6.07, 6.45) is 5.17. The Labute approximate surface area is 92.7 Å². The molecule has 1 aromatic heterocycles. The zero-order chi connectivity index (χ0) is 11.4. The fourth-order valence-electron chi connectivity index (χ4n) is 1.29. The number of aromatic nitrogens is 1. The average molecular weight is 215 g/mol. The van der Waals surface area contributed by atoms with Crippen LogP contribution < -0.4 is 0 Å². The lowest BCUT2D eigenvalue weighted by atomic mass is 10.1. The van der Waals surface area contributed by atoms with Gasteiger partial charge in [-0.1, -0.05) is 23.9 Å². The minimum Gasteiger partial charge on any atom is -0.356 e. The summed E-state index contributed by atoms with van der Waals surface area (Å²) < 4.78 is 17.8. The number of rotatable bonds is 3. The zero-order valence-corrected chi connectivity index (χ0v) is 8.56. The SMILES string of the molecule is C=C/C=C/c1cc(-c2ccc(F)cc2)no1. The van der Waals surface area contributed by atoms with Crippen molar-refractivity contribution in [1.29, 1.82) is 0 Å². The Balaban J connectivity index is 2.27. The van der Waals surface area contributed by atoms with Crippen molar-refractivity contribution in [3.05, 3.63) is 60.6 Å². The highest BCUT2D eigenvalue weighted by Crippen LogP contribution is 2.19. The van der Waals surface area contributed by atoms with Crippen LogP contribution in [0.2, 0.25) is 0 Å². The number of nitrogens with zero attached hydrogens (tertiary/aromatic N) is 1. The molecule has 0 amide bonds. The molecule has 0 aliphatic heterocycles. The van der Waals surface area contributed by atoms with Gasteiger partial charge in [-0.3, -0.25) is 0 Å². The second-order valence-electron chi connectivity index (χ2n) is 3.22. The zero-order valence-electron chi connectivity index (χ0n) is 8.56. The molecule has 80 valence electrons. The van der Waals surface area contributed by atoms with E-state index in [0.29, 0.717) is 11.5 Å². The third kappa shape index (κ3) is 2.25. The number of halogens is 1. The maximum Gasteiger partial charge on any atom is 0.160 e. The highest BCUT2D eigenvalue weighted by atomic mass is 19.1. The molecule has 0 radical (unpaired) electrons. The van der Waals surface area contributed by atoms with Crippen molar-refractivity contribution in [2.45, 2.75) is 0 Å². The van der Waals surface area contributed by atoms with Gasteiger partial charge in [-0.2, -0.15) is 0 Å². The Morgan fingerprint density at radius 1 is 1.25 bits per heavy atom. The standard InChI is InChI=1S/C13H10FNO/c1-2-3-4-12-9-13(15-16-12)10-5-7-11(14)8-6-10/h2-9H,1H2/b4-3+. The molecular formula is C13H10FNO. The van der Waals surface area contributed by atoms with Crippen LogP contribution in [0.1, 0.15) is 5.76 Å². The fourth-order valence-corrected chi connectivity index (χ4v) is 1.29. The first-order valence-electron chi connectivity index (χ1n) is 4.81. The summed E-state index contributed by atoms with van der Waals surface area (Å²) in [5, 5.41) is 3.89. The van der Waals surface area contributed by atoms with Crippen LogP contribution in [-0.4, -0.2) is 5.16 Å². The smallest absolute Gasteiger partial charge is 0.160 e. The minimum atomic E-state index is -0.265. The molecule has 1 heterocycles. The second kappa shape index (κ2) is 4.57. The predicted molar refractivity (Wildman–Crippen MR) is 61.1 cm³/mol. The van der Waals surface area contributed by atoms with Crippen molar-refractivity contribution < 1.29 is 8.91 Å². The molecule has 0 bridgehead atoms. The number of allylic oxidation sites excluding steroid dienone is 2. The van der Waals surface area contributed by atoms with Gasteiger partial charge < -0.3 is 4.52 Å². The molecule has 0 spiro atoms. The van der Waals surface area contributed by atoms with Crippen LogP contribution in [0.15, 0.2) is 53.6 Å². The molecule has 0 N–H and O–H groups in total. The lowest BCUT2D eigenvalue weighted by molar-refractivity contribution is 0.415. The number of benzene rings is 1. The van der Waals surface area contributed by atoms with Crippen molar-refractivity contribution in [3.63, 3.8) is 0 Å². The third-order valence-corrected chi connectivity index (χ3v) is 2.06. The van der Waals surface area contributed by atoms with E-state index in [1.54, 1.807) is 36.4 Å². The van der Waals surface area contributed by atoms with Crippen molar-refractivity contribution in [3.8, 4) is 11.3 Å². The van der Waals surface area contributed by atoms with Crippen LogP contribution in [-0.2, 0) is 0 Å². The van der Waals surface area contributed by atoms with Crippen LogP contribution in [0.25, 0.3) is 17.3 Å². The quantitative estimate of drug-likeness (QED) is 0.730. The summed E-state index contributed by atoms with van der Waals surface area (Å²) in [6.45, 7) is 3.56. The van der Waals surface area contributed by atoms with Gasteiger partial charge >= 0.3 is 0 Å². The first-order chi connectivity index (χ1) is 7.79. The average Bonchev–Trinajstić information content (AvgIpc) is 2.76. The highest BCUT2D eigenvalue weighted by molar-refractivity contribution is 5.61. The Morgan fingerprint density at radius 2 is 2.00 bits per heavy atom. The van der Waals surface area contributed by atoms with E-state index in [0.717, 1.165) is 5.56 Å². The molecule has 0 fully saturated rings. The first-order valence-corrected chi connectivity index (χ1v) is 4.81.